The van der Waals surface area contributed by atoms with Crippen molar-refractivity contribution in [2.45, 2.75) is 64.0 Å². The summed E-state index contributed by atoms with van der Waals surface area (Å²) in [6.07, 6.45) is 9.45. The Morgan fingerprint density at radius 2 is 1.77 bits per heavy atom. The quantitative estimate of drug-likeness (QED) is 0.460. The summed E-state index contributed by atoms with van der Waals surface area (Å²) in [5.41, 5.74) is 3.85. The molecule has 0 atom stereocenters. The maximum Gasteiger partial charge on any atom is 0.225 e. The molecule has 6 nitrogen and oxygen atoms in total. The molecule has 2 aromatic carbocycles. The van der Waals surface area contributed by atoms with Crippen LogP contribution < -0.4 is 20.3 Å². The zero-order valence-electron chi connectivity index (χ0n) is 21.4. The van der Waals surface area contributed by atoms with E-state index in [1.165, 1.54) is 66.1 Å². The predicted octanol–water partition coefficient (Wildman–Crippen LogP) is 5.34. The van der Waals surface area contributed by atoms with E-state index in [2.05, 4.69) is 66.0 Å². The third kappa shape index (κ3) is 5.37. The van der Waals surface area contributed by atoms with Crippen LogP contribution in [-0.2, 0) is 19.4 Å². The zero-order valence-corrected chi connectivity index (χ0v) is 21.4. The van der Waals surface area contributed by atoms with Gasteiger partial charge in [-0.05, 0) is 80.7 Å². The zero-order chi connectivity index (χ0) is 24.2. The molecule has 186 valence electrons. The predicted molar refractivity (Wildman–Crippen MR) is 145 cm³/mol. The molecule has 0 amide bonds. The second kappa shape index (κ2) is 10.8. The van der Waals surface area contributed by atoms with Gasteiger partial charge in [-0.2, -0.15) is 4.98 Å². The second-order valence-electron chi connectivity index (χ2n) is 10.4. The highest BCUT2D eigenvalue weighted by Crippen LogP contribution is 2.31. The lowest BCUT2D eigenvalue weighted by Crippen LogP contribution is -2.32. The van der Waals surface area contributed by atoms with E-state index in [-0.39, 0.29) is 0 Å². The van der Waals surface area contributed by atoms with Gasteiger partial charge in [0.2, 0.25) is 5.95 Å². The van der Waals surface area contributed by atoms with Crippen molar-refractivity contribution in [2.75, 3.05) is 38.0 Å². The Kier molecular flexibility index (Phi) is 7.37. The molecule has 1 heterocycles. The number of hydrogen-bond acceptors (Lipinski definition) is 6. The Morgan fingerprint density at radius 3 is 2.57 bits per heavy atom. The van der Waals surface area contributed by atoms with E-state index in [4.69, 9.17) is 14.7 Å². The van der Waals surface area contributed by atoms with Gasteiger partial charge in [0.05, 0.1) is 12.8 Å². The largest absolute Gasteiger partial charge is 0.496 e. The summed E-state index contributed by atoms with van der Waals surface area (Å²) in [5.74, 6) is 3.58. The van der Waals surface area contributed by atoms with E-state index < -0.39 is 0 Å². The van der Waals surface area contributed by atoms with Gasteiger partial charge >= 0.3 is 0 Å². The average Bonchev–Trinajstić information content (AvgIpc) is 2.89. The summed E-state index contributed by atoms with van der Waals surface area (Å²) in [7, 11) is 5.94. The highest BCUT2D eigenvalue weighted by molar-refractivity contribution is 5.87. The van der Waals surface area contributed by atoms with E-state index in [0.717, 1.165) is 43.4 Å². The van der Waals surface area contributed by atoms with Crippen LogP contribution in [-0.4, -0.2) is 43.8 Å². The number of ether oxygens (including phenoxy) is 1. The highest BCUT2D eigenvalue weighted by atomic mass is 16.5. The van der Waals surface area contributed by atoms with Crippen LogP contribution >= 0.6 is 0 Å². The summed E-state index contributed by atoms with van der Waals surface area (Å²) in [5, 5.41) is 9.94. The van der Waals surface area contributed by atoms with Crippen LogP contribution in [0.15, 0.2) is 36.4 Å². The molecule has 2 aliphatic carbocycles. The Labute approximate surface area is 209 Å². The van der Waals surface area contributed by atoms with E-state index in [1.54, 1.807) is 7.11 Å². The molecule has 1 aromatic heterocycles. The third-order valence-corrected chi connectivity index (χ3v) is 7.72. The van der Waals surface area contributed by atoms with Gasteiger partial charge in [-0.15, -0.1) is 0 Å². The van der Waals surface area contributed by atoms with Crippen LogP contribution in [0.5, 0.6) is 5.75 Å². The molecule has 1 fully saturated rings. The molecule has 1 saturated carbocycles. The molecule has 0 radical (unpaired) electrons. The van der Waals surface area contributed by atoms with Crippen molar-refractivity contribution in [3.63, 3.8) is 0 Å². The van der Waals surface area contributed by atoms with Crippen molar-refractivity contribution >= 4 is 22.5 Å². The summed E-state index contributed by atoms with van der Waals surface area (Å²) in [6.45, 7) is 1.87. The molecule has 0 aliphatic heterocycles. The first kappa shape index (κ1) is 23.9. The summed E-state index contributed by atoms with van der Waals surface area (Å²) in [4.78, 5) is 12.0. The topological polar surface area (TPSA) is 62.3 Å². The SMILES string of the molecule is COc1ccc2ccccc2c1CNC[C@H]1CC[C@@H](Nc2nc3c(c(N(C)C)n2)CCCC3)CC1. The lowest BCUT2D eigenvalue weighted by molar-refractivity contribution is 0.323. The average molecular weight is 474 g/mol. The molecule has 2 aliphatic rings. The van der Waals surface area contributed by atoms with Crippen molar-refractivity contribution in [2.24, 2.45) is 5.92 Å². The fourth-order valence-corrected chi connectivity index (χ4v) is 5.79. The number of benzene rings is 2. The van der Waals surface area contributed by atoms with Crippen LogP contribution in [0.25, 0.3) is 10.8 Å². The lowest BCUT2D eigenvalue weighted by atomic mass is 9.86. The summed E-state index contributed by atoms with van der Waals surface area (Å²) >= 11 is 0. The minimum atomic E-state index is 0.459. The number of fused-ring (bicyclic) bond motifs is 2. The van der Waals surface area contributed by atoms with E-state index in [0.29, 0.717) is 12.0 Å². The molecule has 6 heteroatoms. The maximum absolute atomic E-state index is 5.66. The standard InChI is InChI=1S/C29H39N5O/c1-34(2)28-24-10-6-7-11-26(24)32-29(33-28)31-22-15-12-20(13-16-22)18-30-19-25-23-9-5-4-8-21(23)14-17-27(25)35-3/h4-5,8-9,14,17,20,22,30H,6-7,10-13,15-16,18-19H2,1-3H3,(H,31,32,33)/t20-,22+. The van der Waals surface area contributed by atoms with Crippen molar-refractivity contribution in [3.8, 4) is 5.75 Å². The smallest absolute Gasteiger partial charge is 0.225 e. The first-order valence-corrected chi connectivity index (χ1v) is 13.2. The van der Waals surface area contributed by atoms with E-state index >= 15 is 0 Å². The first-order valence-electron chi connectivity index (χ1n) is 13.2. The van der Waals surface area contributed by atoms with Gasteiger partial charge in [-0.1, -0.05) is 30.3 Å². The number of aryl methyl sites for hydroxylation is 1. The monoisotopic (exact) mass is 473 g/mol. The van der Waals surface area contributed by atoms with Gasteiger partial charge in [-0.3, -0.25) is 0 Å². The second-order valence-corrected chi connectivity index (χ2v) is 10.4. The molecule has 3 aromatic rings. The number of nitrogens with zero attached hydrogens (tertiary/aromatic N) is 3. The van der Waals surface area contributed by atoms with Gasteiger partial charge in [0.15, 0.2) is 0 Å². The summed E-state index contributed by atoms with van der Waals surface area (Å²) < 4.78 is 5.66. The van der Waals surface area contributed by atoms with Crippen LogP contribution in [0.1, 0.15) is 55.3 Å². The number of aromatic nitrogens is 2. The molecule has 0 unspecified atom stereocenters. The Bertz CT molecular complexity index is 1150. The summed E-state index contributed by atoms with van der Waals surface area (Å²) in [6, 6.07) is 13.2. The minimum Gasteiger partial charge on any atom is -0.496 e. The molecule has 0 spiro atoms. The lowest BCUT2D eigenvalue weighted by Gasteiger charge is -2.30. The number of nitrogens with one attached hydrogen (secondary N) is 2. The van der Waals surface area contributed by atoms with Crippen LogP contribution in [0, 0.1) is 5.92 Å². The van der Waals surface area contributed by atoms with E-state index in [1.807, 2.05) is 0 Å². The van der Waals surface area contributed by atoms with Crippen molar-refractivity contribution in [1.29, 1.82) is 0 Å². The number of anilines is 2. The van der Waals surface area contributed by atoms with E-state index in [9.17, 15) is 0 Å². The fraction of sp³-hybridized carbons (Fsp3) is 0.517. The molecular weight excluding hydrogens is 434 g/mol. The van der Waals surface area contributed by atoms with Crippen molar-refractivity contribution in [1.82, 2.24) is 15.3 Å². The normalized spacial score (nSPS) is 19.9. The number of methoxy groups -OCH3 is 1. The maximum atomic E-state index is 5.66. The fourth-order valence-electron chi connectivity index (χ4n) is 5.79. The molecule has 2 N–H and O–H groups in total. The molecular formula is C29H39N5O. The van der Waals surface area contributed by atoms with Gasteiger partial charge in [0.1, 0.15) is 11.6 Å². The number of hydrogen-bond donors (Lipinski definition) is 2. The Hall–Kier alpha value is -2.86. The first-order chi connectivity index (χ1) is 17.1. The molecule has 5 rings (SSSR count). The molecule has 0 saturated heterocycles. The van der Waals surface area contributed by atoms with Crippen LogP contribution in [0.3, 0.4) is 0 Å². The Morgan fingerprint density at radius 1 is 0.971 bits per heavy atom. The number of rotatable bonds is 8. The third-order valence-electron chi connectivity index (χ3n) is 7.72. The van der Waals surface area contributed by atoms with Crippen LogP contribution in [0.2, 0.25) is 0 Å². The van der Waals surface area contributed by atoms with Crippen LogP contribution in [0.4, 0.5) is 11.8 Å². The van der Waals surface area contributed by atoms with Crippen molar-refractivity contribution < 1.29 is 4.74 Å². The Balaban J connectivity index is 1.15. The highest BCUT2D eigenvalue weighted by Gasteiger charge is 2.24. The minimum absolute atomic E-state index is 0.459. The van der Waals surface area contributed by atoms with Gasteiger partial charge in [0, 0.05) is 37.8 Å². The van der Waals surface area contributed by atoms with Gasteiger partial charge in [-0.25, -0.2) is 4.98 Å². The molecule has 0 bridgehead atoms. The van der Waals surface area contributed by atoms with Gasteiger partial charge in [0.25, 0.3) is 0 Å². The van der Waals surface area contributed by atoms with Crippen molar-refractivity contribution in [3.05, 3.63) is 53.2 Å². The van der Waals surface area contributed by atoms with Gasteiger partial charge < -0.3 is 20.3 Å². The molecule has 35 heavy (non-hydrogen) atoms.